The Morgan fingerprint density at radius 3 is 1.73 bits per heavy atom. The Morgan fingerprint density at radius 2 is 1.22 bits per heavy atom. The third-order valence-electron chi connectivity index (χ3n) is 11.1. The van der Waals surface area contributed by atoms with E-state index in [1.807, 2.05) is 5.32 Å². The summed E-state index contributed by atoms with van der Waals surface area (Å²) in [5, 5.41) is 182. The first-order valence-corrected chi connectivity index (χ1v) is 19.5. The van der Waals surface area contributed by atoms with Crippen LogP contribution in [0.2, 0.25) is 0 Å². The number of carboxylic acids is 2. The zero-order valence-corrected chi connectivity index (χ0v) is 33.6. The fourth-order valence-corrected chi connectivity index (χ4v) is 7.75. The first kappa shape index (κ1) is 53.6. The molecule has 0 bridgehead atoms. The highest BCUT2D eigenvalue weighted by molar-refractivity contribution is 5.78. The van der Waals surface area contributed by atoms with Crippen molar-refractivity contribution < 1.29 is 139 Å². The highest BCUT2D eigenvalue weighted by atomic mass is 16.8. The van der Waals surface area contributed by atoms with Crippen molar-refractivity contribution in [1.29, 1.82) is 0 Å². The minimum atomic E-state index is -3.36. The molecule has 4 rings (SSSR count). The Kier molecular flexibility index (Phi) is 18.6. The van der Waals surface area contributed by atoms with E-state index in [4.69, 9.17) is 33.2 Å². The molecule has 4 aliphatic heterocycles. The fourth-order valence-electron chi connectivity index (χ4n) is 7.75. The fraction of sp³-hybridized carbons (Fsp3) is 0.882. The molecule has 0 aromatic heterocycles. The summed E-state index contributed by atoms with van der Waals surface area (Å²) in [6.45, 7) is -5.03. The van der Waals surface area contributed by atoms with Crippen molar-refractivity contribution in [3.8, 4) is 0 Å². The molecule has 19 N–H and O–H groups in total. The van der Waals surface area contributed by atoms with Crippen LogP contribution in [0.5, 0.6) is 0 Å². The summed E-state index contributed by atoms with van der Waals surface area (Å²) < 4.78 is 38.3. The Bertz CT molecular complexity index is 1580. The average Bonchev–Trinajstić information content (AvgIpc) is 3.25. The normalized spacial score (nSPS) is 42.4. The molecule has 370 valence electrons. The monoisotopic (exact) mass is 940 g/mol. The van der Waals surface area contributed by atoms with Crippen LogP contribution in [0.4, 0.5) is 0 Å². The second-order valence-electron chi connectivity index (χ2n) is 15.5. The van der Waals surface area contributed by atoms with Gasteiger partial charge in [0, 0.05) is 19.8 Å². The smallest absolute Gasteiger partial charge is 0.364 e. The number of aliphatic hydroxyl groups excluding tert-OH is 15. The van der Waals surface area contributed by atoms with Gasteiger partial charge in [-0.25, -0.2) is 9.59 Å². The Hall–Kier alpha value is -3.00. The highest BCUT2D eigenvalue weighted by Crippen LogP contribution is 2.40. The summed E-state index contributed by atoms with van der Waals surface area (Å²) in [4.78, 5) is 50.4. The van der Waals surface area contributed by atoms with Crippen molar-refractivity contribution >= 4 is 23.8 Å². The molecule has 2 amide bonds. The number of amides is 2. The van der Waals surface area contributed by atoms with Gasteiger partial charge in [0.05, 0.1) is 50.7 Å². The lowest BCUT2D eigenvalue weighted by atomic mass is 9.87. The van der Waals surface area contributed by atoms with Crippen molar-refractivity contribution in [3.05, 3.63) is 0 Å². The summed E-state index contributed by atoms with van der Waals surface area (Å²) in [5.41, 5.74) is 0. The predicted molar refractivity (Wildman–Crippen MR) is 193 cm³/mol. The van der Waals surface area contributed by atoms with Gasteiger partial charge in [0.15, 0.2) is 12.6 Å². The first-order valence-electron chi connectivity index (χ1n) is 19.5. The number of carbonyl (C=O) groups is 4. The van der Waals surface area contributed by atoms with Crippen LogP contribution in [0.25, 0.3) is 0 Å². The molecule has 0 aromatic rings. The van der Waals surface area contributed by atoms with Gasteiger partial charge < -0.3 is 131 Å². The summed E-state index contributed by atoms with van der Waals surface area (Å²) in [7, 11) is 0. The van der Waals surface area contributed by atoms with Crippen molar-refractivity contribution in [1.82, 2.24) is 10.6 Å². The van der Waals surface area contributed by atoms with Crippen molar-refractivity contribution in [3.63, 3.8) is 0 Å². The van der Waals surface area contributed by atoms with Crippen molar-refractivity contribution in [2.24, 2.45) is 0 Å². The van der Waals surface area contributed by atoms with Crippen LogP contribution in [-0.2, 0) is 52.3 Å². The zero-order chi connectivity index (χ0) is 48.2. The lowest BCUT2D eigenvalue weighted by Crippen LogP contribution is -2.72. The summed E-state index contributed by atoms with van der Waals surface area (Å²) >= 11 is 0. The SMILES string of the molecule is CC(=O)N[C@H]1[C@H]([C@H](O)[C@@H](CO)O[C@]2(C(=O)O)C[C@H](O)[C@@H](NC(=O)CO)[C@H]([C@H](O)[C@H](O)CO)O2)O[C@@](O[C@H]2[C@@H](O)[C@@H](CO)O[C@@H](O[C@H]3[C@H](O)[C@@H](O)[C@@H](O)O[C@@H]3CO)[C@@H]2O)(C(=O)O)C[C@@H]1O. The van der Waals surface area contributed by atoms with Crippen molar-refractivity contribution in [2.75, 3.05) is 33.0 Å². The van der Waals surface area contributed by atoms with Crippen molar-refractivity contribution in [2.45, 2.75) is 154 Å². The lowest BCUT2D eigenvalue weighted by molar-refractivity contribution is -0.387. The number of carboxylic acid groups (broad SMARTS) is 2. The quantitative estimate of drug-likeness (QED) is 0.0572. The number of aliphatic carboxylic acids is 2. The zero-order valence-electron chi connectivity index (χ0n) is 33.6. The minimum Gasteiger partial charge on any atom is -0.477 e. The van der Waals surface area contributed by atoms with Crippen LogP contribution in [0, 0.1) is 0 Å². The van der Waals surface area contributed by atoms with Gasteiger partial charge in [0.25, 0.3) is 11.6 Å². The first-order chi connectivity index (χ1) is 30.0. The highest BCUT2D eigenvalue weighted by Gasteiger charge is 2.62. The van der Waals surface area contributed by atoms with E-state index in [1.165, 1.54) is 0 Å². The molecular weight excluding hydrogens is 884 g/mol. The number of ether oxygens (including phenoxy) is 7. The third kappa shape index (κ3) is 11.2. The Morgan fingerprint density at radius 1 is 0.672 bits per heavy atom. The summed E-state index contributed by atoms with van der Waals surface area (Å²) in [5.74, 6) is -13.1. The molecule has 4 aliphatic rings. The van der Waals surface area contributed by atoms with Gasteiger partial charge in [-0.15, -0.1) is 0 Å². The van der Waals surface area contributed by atoms with E-state index in [1.54, 1.807) is 0 Å². The minimum absolute atomic E-state index is 0.903. The van der Waals surface area contributed by atoms with E-state index in [0.717, 1.165) is 6.92 Å². The van der Waals surface area contributed by atoms with Crippen LogP contribution in [-0.4, -0.2) is 277 Å². The van der Waals surface area contributed by atoms with Crippen LogP contribution in [0.15, 0.2) is 0 Å². The van der Waals surface area contributed by atoms with Gasteiger partial charge in [-0.2, -0.15) is 0 Å². The summed E-state index contributed by atoms with van der Waals surface area (Å²) in [6.07, 6.45) is -41.4. The maximum Gasteiger partial charge on any atom is 0.364 e. The van der Waals surface area contributed by atoms with E-state index in [-0.39, 0.29) is 0 Å². The largest absolute Gasteiger partial charge is 0.477 e. The molecule has 0 spiro atoms. The van der Waals surface area contributed by atoms with E-state index in [9.17, 15) is 106 Å². The van der Waals surface area contributed by atoms with Crippen LogP contribution in [0.3, 0.4) is 0 Å². The van der Waals surface area contributed by atoms with Gasteiger partial charge in [0.2, 0.25) is 11.8 Å². The van der Waals surface area contributed by atoms with Gasteiger partial charge in [-0.05, 0) is 0 Å². The number of rotatable bonds is 19. The molecule has 4 heterocycles. The Balaban J connectivity index is 1.72. The number of carbonyl (C=O) groups excluding carboxylic acids is 2. The lowest BCUT2D eigenvalue weighted by Gasteiger charge is -2.51. The molecule has 0 radical (unpaired) electrons. The molecule has 22 atom stereocenters. The van der Waals surface area contributed by atoms with E-state index in [0.29, 0.717) is 0 Å². The number of hydrogen-bond donors (Lipinski definition) is 19. The summed E-state index contributed by atoms with van der Waals surface area (Å²) in [6, 6.07) is -3.75. The Labute approximate surface area is 360 Å². The molecule has 4 fully saturated rings. The average molecular weight is 941 g/mol. The molecule has 30 nitrogen and oxygen atoms in total. The molecule has 30 heteroatoms. The molecular formula is C34H56N2O28. The molecule has 64 heavy (non-hydrogen) atoms. The number of aliphatic hydroxyl groups is 15. The van der Waals surface area contributed by atoms with E-state index < -0.39 is 204 Å². The third-order valence-corrected chi connectivity index (χ3v) is 11.1. The molecule has 0 unspecified atom stereocenters. The number of hydrogen-bond acceptors (Lipinski definition) is 26. The van der Waals surface area contributed by atoms with Gasteiger partial charge in [-0.1, -0.05) is 0 Å². The molecule has 0 aliphatic carbocycles. The van der Waals surface area contributed by atoms with Gasteiger partial charge in [0.1, 0.15) is 92.1 Å². The standard InChI is InChI=1S/C34H56N2O28/c1-9(42)35-17-10(43)3-34(32(56)57,64-28-20(48)13(5-38)59-30(24(28)52)60-25-15(7-40)58-29(53)23(51)22(25)50)63-27(17)21(49)14(6-39)61-33(31(54)55)2-11(44)18(36-16(46)8-41)26(62-33)19(47)12(45)4-37/h10-15,17-30,37-41,43-45,47-53H,2-8H2,1H3,(H,35,42)(H,36,46)(H,54,55)(H,56,57)/t10-,11-,12+,13+,14+,15+,17+,18+,19+,20-,21+,22+,23+,24+,25+,26+,27+,28-,29-,30-,33+,34-/m0/s1. The van der Waals surface area contributed by atoms with Gasteiger partial charge in [-0.3, -0.25) is 9.59 Å². The number of nitrogens with one attached hydrogen (secondary N) is 2. The maximum atomic E-state index is 13.1. The predicted octanol–water partition coefficient (Wildman–Crippen LogP) is -12.1. The molecule has 0 saturated carbocycles. The molecule has 4 saturated heterocycles. The van der Waals surface area contributed by atoms with Crippen LogP contribution >= 0.6 is 0 Å². The second kappa shape index (κ2) is 22.2. The topological polar surface area (TPSA) is 501 Å². The van der Waals surface area contributed by atoms with Gasteiger partial charge >= 0.3 is 11.9 Å². The van der Waals surface area contributed by atoms with E-state index >= 15 is 0 Å². The second-order valence-corrected chi connectivity index (χ2v) is 15.5. The van der Waals surface area contributed by atoms with E-state index in [2.05, 4.69) is 5.32 Å². The van der Waals surface area contributed by atoms with Crippen LogP contribution in [0.1, 0.15) is 19.8 Å². The molecule has 0 aromatic carbocycles. The maximum absolute atomic E-state index is 13.1. The van der Waals surface area contributed by atoms with Crippen LogP contribution < -0.4 is 10.6 Å².